The molecule has 2 rings (SSSR count). The first-order valence-corrected chi connectivity index (χ1v) is 6.84. The van der Waals surface area contributed by atoms with Crippen LogP contribution in [0.4, 0.5) is 10.5 Å². The number of carbonyl (C=O) groups excluding carboxylic acids is 1. The number of methoxy groups -OCH3 is 1. The summed E-state index contributed by atoms with van der Waals surface area (Å²) in [5.41, 5.74) is 2.44. The van der Waals surface area contributed by atoms with Gasteiger partial charge in [-0.25, -0.2) is 4.79 Å². The van der Waals surface area contributed by atoms with Crippen molar-refractivity contribution < 1.29 is 9.53 Å². The molecule has 0 fully saturated rings. The number of ether oxygens (including phenoxy) is 1. The number of benzene rings is 2. The Morgan fingerprint density at radius 2 is 2.00 bits per heavy atom. The van der Waals surface area contributed by atoms with E-state index in [4.69, 9.17) is 11.2 Å². The van der Waals surface area contributed by atoms with Gasteiger partial charge in [0.15, 0.2) is 0 Å². The highest BCUT2D eigenvalue weighted by molar-refractivity contribution is 5.89. The molecule has 0 aliphatic heterocycles. The van der Waals surface area contributed by atoms with E-state index < -0.39 is 0 Å². The fourth-order valence-electron chi connectivity index (χ4n) is 1.98. The van der Waals surface area contributed by atoms with Crippen LogP contribution in [-0.4, -0.2) is 25.1 Å². The number of terminal acetylenes is 1. The maximum atomic E-state index is 12.2. The van der Waals surface area contributed by atoms with Crippen molar-refractivity contribution in [3.05, 3.63) is 59.7 Å². The quantitative estimate of drug-likeness (QED) is 0.879. The Kier molecular flexibility index (Phi) is 5.05. The van der Waals surface area contributed by atoms with Gasteiger partial charge < -0.3 is 15.0 Å². The number of rotatable bonds is 4. The van der Waals surface area contributed by atoms with E-state index in [2.05, 4.69) is 11.2 Å². The Labute approximate surface area is 130 Å². The molecule has 0 radical (unpaired) electrons. The molecule has 0 saturated carbocycles. The molecule has 0 heterocycles. The van der Waals surface area contributed by atoms with Crippen LogP contribution in [0.1, 0.15) is 11.1 Å². The molecule has 4 nitrogen and oxygen atoms in total. The number of hydrogen-bond donors (Lipinski definition) is 1. The van der Waals surface area contributed by atoms with E-state index in [0.717, 1.165) is 16.9 Å². The average molecular weight is 294 g/mol. The van der Waals surface area contributed by atoms with E-state index in [0.29, 0.717) is 12.2 Å². The second kappa shape index (κ2) is 7.19. The van der Waals surface area contributed by atoms with Gasteiger partial charge in [0.2, 0.25) is 0 Å². The molecule has 0 aromatic heterocycles. The summed E-state index contributed by atoms with van der Waals surface area (Å²) in [6.45, 7) is 0.505. The fourth-order valence-corrected chi connectivity index (χ4v) is 1.98. The maximum absolute atomic E-state index is 12.2. The number of nitrogens with zero attached hydrogens (tertiary/aromatic N) is 1. The second-order valence-corrected chi connectivity index (χ2v) is 4.86. The predicted molar refractivity (Wildman–Crippen MR) is 87.9 cm³/mol. The van der Waals surface area contributed by atoms with Gasteiger partial charge in [-0.2, -0.15) is 0 Å². The van der Waals surface area contributed by atoms with E-state index in [-0.39, 0.29) is 6.03 Å². The highest BCUT2D eigenvalue weighted by Crippen LogP contribution is 2.14. The van der Waals surface area contributed by atoms with Crippen LogP contribution in [0, 0.1) is 12.3 Å². The van der Waals surface area contributed by atoms with Crippen LogP contribution in [0.3, 0.4) is 0 Å². The van der Waals surface area contributed by atoms with Crippen molar-refractivity contribution in [2.75, 3.05) is 19.5 Å². The van der Waals surface area contributed by atoms with Crippen molar-refractivity contribution in [1.82, 2.24) is 4.90 Å². The standard InChI is InChI=1S/C18H18N2O2/c1-4-14-6-5-7-16(12-14)19-18(21)20(2)13-15-8-10-17(22-3)11-9-15/h1,5-12H,13H2,2-3H3,(H,19,21). The molecule has 22 heavy (non-hydrogen) atoms. The van der Waals surface area contributed by atoms with Gasteiger partial charge in [-0.05, 0) is 35.9 Å². The van der Waals surface area contributed by atoms with E-state index in [1.165, 1.54) is 0 Å². The van der Waals surface area contributed by atoms with E-state index in [1.54, 1.807) is 31.2 Å². The van der Waals surface area contributed by atoms with Gasteiger partial charge in [0, 0.05) is 24.8 Å². The smallest absolute Gasteiger partial charge is 0.321 e. The lowest BCUT2D eigenvalue weighted by Gasteiger charge is -2.18. The van der Waals surface area contributed by atoms with Crippen molar-refractivity contribution in [3.63, 3.8) is 0 Å². The van der Waals surface area contributed by atoms with Gasteiger partial charge in [0.05, 0.1) is 7.11 Å². The monoisotopic (exact) mass is 294 g/mol. The molecule has 4 heteroatoms. The normalized spacial score (nSPS) is 9.68. The summed E-state index contributed by atoms with van der Waals surface area (Å²) in [6.07, 6.45) is 5.35. The molecular weight excluding hydrogens is 276 g/mol. The Morgan fingerprint density at radius 1 is 1.27 bits per heavy atom. The van der Waals surface area contributed by atoms with Crippen molar-refractivity contribution in [3.8, 4) is 18.1 Å². The molecule has 0 aliphatic rings. The van der Waals surface area contributed by atoms with E-state index >= 15 is 0 Å². The number of nitrogens with one attached hydrogen (secondary N) is 1. The molecule has 0 spiro atoms. The molecule has 0 atom stereocenters. The fraction of sp³-hybridized carbons (Fsp3) is 0.167. The zero-order valence-corrected chi connectivity index (χ0v) is 12.7. The first-order valence-electron chi connectivity index (χ1n) is 6.84. The molecule has 0 aliphatic carbocycles. The topological polar surface area (TPSA) is 41.6 Å². The number of urea groups is 1. The highest BCUT2D eigenvalue weighted by atomic mass is 16.5. The largest absolute Gasteiger partial charge is 0.497 e. The molecule has 0 unspecified atom stereocenters. The highest BCUT2D eigenvalue weighted by Gasteiger charge is 2.09. The summed E-state index contributed by atoms with van der Waals surface area (Å²) in [7, 11) is 3.36. The lowest BCUT2D eigenvalue weighted by molar-refractivity contribution is 0.220. The molecular formula is C18H18N2O2. The average Bonchev–Trinajstić information content (AvgIpc) is 2.55. The third-order valence-corrected chi connectivity index (χ3v) is 3.21. The Balaban J connectivity index is 1.97. The second-order valence-electron chi connectivity index (χ2n) is 4.86. The predicted octanol–water partition coefficient (Wildman–Crippen LogP) is 3.34. The van der Waals surface area contributed by atoms with Crippen LogP contribution in [-0.2, 0) is 6.54 Å². The molecule has 2 aromatic carbocycles. The van der Waals surface area contributed by atoms with Crippen LogP contribution in [0.15, 0.2) is 48.5 Å². The number of hydrogen-bond acceptors (Lipinski definition) is 2. The lowest BCUT2D eigenvalue weighted by Crippen LogP contribution is -2.30. The third-order valence-electron chi connectivity index (χ3n) is 3.21. The zero-order valence-electron chi connectivity index (χ0n) is 12.7. The maximum Gasteiger partial charge on any atom is 0.321 e. The number of carbonyl (C=O) groups is 1. The SMILES string of the molecule is C#Cc1cccc(NC(=O)N(C)Cc2ccc(OC)cc2)c1. The minimum Gasteiger partial charge on any atom is -0.497 e. The summed E-state index contributed by atoms with van der Waals surface area (Å²) in [6, 6.07) is 14.6. The minimum atomic E-state index is -0.190. The zero-order chi connectivity index (χ0) is 15.9. The molecule has 1 N–H and O–H groups in total. The Morgan fingerprint density at radius 3 is 2.64 bits per heavy atom. The van der Waals surface area contributed by atoms with Gasteiger partial charge in [0.1, 0.15) is 5.75 Å². The van der Waals surface area contributed by atoms with Gasteiger partial charge in [-0.3, -0.25) is 0 Å². The Bertz CT molecular complexity index is 687. The van der Waals surface area contributed by atoms with Crippen LogP contribution < -0.4 is 10.1 Å². The molecule has 2 amide bonds. The van der Waals surface area contributed by atoms with Gasteiger partial charge in [-0.1, -0.05) is 24.1 Å². The summed E-state index contributed by atoms with van der Waals surface area (Å²) >= 11 is 0. The van der Waals surface area contributed by atoms with Crippen LogP contribution >= 0.6 is 0 Å². The third kappa shape index (κ3) is 4.03. The van der Waals surface area contributed by atoms with E-state index in [9.17, 15) is 4.79 Å². The molecule has 0 saturated heterocycles. The first-order chi connectivity index (χ1) is 10.6. The summed E-state index contributed by atoms with van der Waals surface area (Å²) in [5, 5.41) is 2.83. The Hall–Kier alpha value is -2.93. The molecule has 2 aromatic rings. The number of amides is 2. The van der Waals surface area contributed by atoms with Crippen LogP contribution in [0.5, 0.6) is 5.75 Å². The van der Waals surface area contributed by atoms with Crippen LogP contribution in [0.2, 0.25) is 0 Å². The van der Waals surface area contributed by atoms with Crippen molar-refractivity contribution in [2.45, 2.75) is 6.54 Å². The summed E-state index contributed by atoms with van der Waals surface area (Å²) in [4.78, 5) is 13.8. The lowest BCUT2D eigenvalue weighted by atomic mass is 10.2. The minimum absolute atomic E-state index is 0.190. The molecule has 112 valence electrons. The van der Waals surface area contributed by atoms with Gasteiger partial charge >= 0.3 is 6.03 Å². The number of anilines is 1. The van der Waals surface area contributed by atoms with Crippen molar-refractivity contribution in [1.29, 1.82) is 0 Å². The van der Waals surface area contributed by atoms with Gasteiger partial charge in [0.25, 0.3) is 0 Å². The van der Waals surface area contributed by atoms with E-state index in [1.807, 2.05) is 36.4 Å². The van der Waals surface area contributed by atoms with Crippen molar-refractivity contribution in [2.24, 2.45) is 0 Å². The van der Waals surface area contributed by atoms with Crippen LogP contribution in [0.25, 0.3) is 0 Å². The summed E-state index contributed by atoms with van der Waals surface area (Å²) < 4.78 is 5.11. The molecule has 0 bridgehead atoms. The van der Waals surface area contributed by atoms with Crippen molar-refractivity contribution >= 4 is 11.7 Å². The first kappa shape index (κ1) is 15.5. The summed E-state index contributed by atoms with van der Waals surface area (Å²) in [5.74, 6) is 3.34. The van der Waals surface area contributed by atoms with Gasteiger partial charge in [-0.15, -0.1) is 6.42 Å².